The fourth-order valence-electron chi connectivity index (χ4n) is 1.27. The number of aromatic nitrogens is 2. The summed E-state index contributed by atoms with van der Waals surface area (Å²) in [5.74, 6) is -0.591. The summed E-state index contributed by atoms with van der Waals surface area (Å²) in [6, 6.07) is -1.00. The standard InChI is InChI=1S/C10H16N4O3/c1-6(15)8(9(16)17)12-3-7-4-13-10(11-2)14-5-7/h4-6,8,12,15H,3H2,1-2H3,(H,16,17)(H,11,13,14)/t6-,8-/m0/s1. The Balaban J connectivity index is 2.56. The van der Waals surface area contributed by atoms with Crippen LogP contribution in [0.15, 0.2) is 12.4 Å². The Labute approximate surface area is 98.9 Å². The molecule has 2 atom stereocenters. The lowest BCUT2D eigenvalue weighted by molar-refractivity contribution is -0.142. The first kappa shape index (κ1) is 13.3. The molecule has 0 fully saturated rings. The number of carboxylic acids is 1. The zero-order chi connectivity index (χ0) is 12.8. The first-order chi connectivity index (χ1) is 8.04. The average molecular weight is 240 g/mol. The number of hydrogen-bond donors (Lipinski definition) is 4. The van der Waals surface area contributed by atoms with Crippen LogP contribution >= 0.6 is 0 Å². The molecule has 7 nitrogen and oxygen atoms in total. The van der Waals surface area contributed by atoms with Gasteiger partial charge >= 0.3 is 5.97 Å². The number of anilines is 1. The monoisotopic (exact) mass is 240 g/mol. The highest BCUT2D eigenvalue weighted by Crippen LogP contribution is 2.01. The van der Waals surface area contributed by atoms with E-state index in [1.54, 1.807) is 19.4 Å². The number of rotatable bonds is 6. The lowest BCUT2D eigenvalue weighted by atomic mass is 10.2. The largest absolute Gasteiger partial charge is 0.480 e. The van der Waals surface area contributed by atoms with Crippen LogP contribution < -0.4 is 10.6 Å². The molecule has 7 heteroatoms. The van der Waals surface area contributed by atoms with Crippen molar-refractivity contribution in [2.24, 2.45) is 0 Å². The number of carboxylic acid groups (broad SMARTS) is 1. The molecule has 1 rings (SSSR count). The van der Waals surface area contributed by atoms with E-state index in [1.807, 2.05) is 0 Å². The molecule has 0 aromatic carbocycles. The van der Waals surface area contributed by atoms with E-state index in [4.69, 9.17) is 5.11 Å². The number of aliphatic hydroxyl groups excluding tert-OH is 1. The Morgan fingerprint density at radius 3 is 2.47 bits per heavy atom. The van der Waals surface area contributed by atoms with Crippen molar-refractivity contribution in [1.82, 2.24) is 15.3 Å². The Morgan fingerprint density at radius 1 is 1.47 bits per heavy atom. The second kappa shape index (κ2) is 6.12. The van der Waals surface area contributed by atoms with Crippen LogP contribution in [-0.4, -0.2) is 45.3 Å². The van der Waals surface area contributed by atoms with E-state index >= 15 is 0 Å². The maximum atomic E-state index is 10.8. The van der Waals surface area contributed by atoms with Crippen molar-refractivity contribution in [2.45, 2.75) is 25.6 Å². The predicted molar refractivity (Wildman–Crippen MR) is 61.5 cm³/mol. The van der Waals surface area contributed by atoms with Gasteiger partial charge in [-0.2, -0.15) is 0 Å². The molecule has 1 aromatic heterocycles. The number of nitrogens with zero attached hydrogens (tertiary/aromatic N) is 2. The van der Waals surface area contributed by atoms with E-state index in [9.17, 15) is 9.90 Å². The van der Waals surface area contributed by atoms with Gasteiger partial charge in [0.25, 0.3) is 0 Å². The van der Waals surface area contributed by atoms with Crippen molar-refractivity contribution >= 4 is 11.9 Å². The molecule has 0 aliphatic carbocycles. The van der Waals surface area contributed by atoms with Crippen LogP contribution in [0.2, 0.25) is 0 Å². The van der Waals surface area contributed by atoms with Crippen LogP contribution in [0.1, 0.15) is 12.5 Å². The number of nitrogens with one attached hydrogen (secondary N) is 2. The van der Waals surface area contributed by atoms with Crippen molar-refractivity contribution in [3.8, 4) is 0 Å². The minimum Gasteiger partial charge on any atom is -0.480 e. The maximum Gasteiger partial charge on any atom is 0.323 e. The third-order valence-electron chi connectivity index (χ3n) is 2.20. The molecule has 0 aliphatic heterocycles. The minimum absolute atomic E-state index is 0.284. The smallest absolute Gasteiger partial charge is 0.323 e. The molecule has 0 radical (unpaired) electrons. The van der Waals surface area contributed by atoms with Crippen LogP contribution in [0, 0.1) is 0 Å². The Hall–Kier alpha value is -1.73. The first-order valence-corrected chi connectivity index (χ1v) is 5.17. The summed E-state index contributed by atoms with van der Waals surface area (Å²) >= 11 is 0. The van der Waals surface area contributed by atoms with E-state index in [0.29, 0.717) is 5.95 Å². The average Bonchev–Trinajstić information content (AvgIpc) is 2.29. The zero-order valence-electron chi connectivity index (χ0n) is 9.71. The summed E-state index contributed by atoms with van der Waals surface area (Å²) < 4.78 is 0. The van der Waals surface area contributed by atoms with E-state index < -0.39 is 18.1 Å². The summed E-state index contributed by atoms with van der Waals surface area (Å²) in [7, 11) is 1.71. The number of carbonyl (C=O) groups is 1. The maximum absolute atomic E-state index is 10.8. The van der Waals surface area contributed by atoms with Gasteiger partial charge in [-0.15, -0.1) is 0 Å². The lowest BCUT2D eigenvalue weighted by Gasteiger charge is -2.16. The van der Waals surface area contributed by atoms with Crippen LogP contribution in [0.3, 0.4) is 0 Å². The van der Waals surface area contributed by atoms with E-state index in [0.717, 1.165) is 5.56 Å². The highest BCUT2D eigenvalue weighted by Gasteiger charge is 2.21. The topological polar surface area (TPSA) is 107 Å². The van der Waals surface area contributed by atoms with Crippen LogP contribution in [0.4, 0.5) is 5.95 Å². The van der Waals surface area contributed by atoms with Gasteiger partial charge < -0.3 is 15.5 Å². The number of aliphatic carboxylic acids is 1. The van der Waals surface area contributed by atoms with Crippen molar-refractivity contribution in [2.75, 3.05) is 12.4 Å². The summed E-state index contributed by atoms with van der Waals surface area (Å²) in [5.41, 5.74) is 0.746. The molecule has 0 bridgehead atoms. The third kappa shape index (κ3) is 3.97. The molecule has 17 heavy (non-hydrogen) atoms. The molecule has 1 aromatic rings. The zero-order valence-corrected chi connectivity index (χ0v) is 9.71. The molecule has 0 aliphatic rings. The molecular weight excluding hydrogens is 224 g/mol. The molecule has 0 spiro atoms. The van der Waals surface area contributed by atoms with Crippen LogP contribution in [0.5, 0.6) is 0 Å². The molecule has 1 heterocycles. The minimum atomic E-state index is -1.09. The summed E-state index contributed by atoms with van der Waals surface area (Å²) in [4.78, 5) is 18.8. The van der Waals surface area contributed by atoms with Crippen molar-refractivity contribution in [3.63, 3.8) is 0 Å². The second-order valence-corrected chi connectivity index (χ2v) is 3.60. The van der Waals surface area contributed by atoms with Crippen LogP contribution in [-0.2, 0) is 11.3 Å². The van der Waals surface area contributed by atoms with Gasteiger partial charge in [-0.25, -0.2) is 9.97 Å². The fraction of sp³-hybridized carbons (Fsp3) is 0.500. The van der Waals surface area contributed by atoms with E-state index in [-0.39, 0.29) is 6.54 Å². The first-order valence-electron chi connectivity index (χ1n) is 5.17. The van der Waals surface area contributed by atoms with Gasteiger partial charge in [0.2, 0.25) is 5.95 Å². The van der Waals surface area contributed by atoms with Crippen molar-refractivity contribution in [3.05, 3.63) is 18.0 Å². The quantitative estimate of drug-likeness (QED) is 0.528. The molecule has 4 N–H and O–H groups in total. The lowest BCUT2D eigenvalue weighted by Crippen LogP contribution is -2.44. The van der Waals surface area contributed by atoms with Gasteiger partial charge in [0.1, 0.15) is 6.04 Å². The second-order valence-electron chi connectivity index (χ2n) is 3.60. The van der Waals surface area contributed by atoms with Gasteiger partial charge in [-0.3, -0.25) is 10.1 Å². The van der Waals surface area contributed by atoms with Gasteiger partial charge in [0.15, 0.2) is 0 Å². The predicted octanol–water partition coefficient (Wildman–Crippen LogP) is -0.558. The van der Waals surface area contributed by atoms with Gasteiger partial charge in [0.05, 0.1) is 6.10 Å². The Morgan fingerprint density at radius 2 is 2.06 bits per heavy atom. The third-order valence-corrected chi connectivity index (χ3v) is 2.20. The number of aliphatic hydroxyl groups is 1. The van der Waals surface area contributed by atoms with Crippen molar-refractivity contribution < 1.29 is 15.0 Å². The number of hydrogen-bond acceptors (Lipinski definition) is 6. The Kier molecular flexibility index (Phi) is 4.80. The summed E-state index contributed by atoms with van der Waals surface area (Å²) in [6.45, 7) is 1.71. The SMILES string of the molecule is CNc1ncc(CN[C@H](C(=O)O)[C@H](C)O)cn1. The molecule has 0 saturated heterocycles. The highest BCUT2D eigenvalue weighted by molar-refractivity contribution is 5.74. The molecule has 94 valence electrons. The fourth-order valence-corrected chi connectivity index (χ4v) is 1.27. The van der Waals surface area contributed by atoms with Gasteiger partial charge in [0, 0.05) is 31.5 Å². The summed E-state index contributed by atoms with van der Waals surface area (Å²) in [5, 5.41) is 23.6. The van der Waals surface area contributed by atoms with E-state index in [2.05, 4.69) is 20.6 Å². The van der Waals surface area contributed by atoms with Gasteiger partial charge in [-0.1, -0.05) is 0 Å². The molecule has 0 amide bonds. The summed E-state index contributed by atoms with van der Waals surface area (Å²) in [6.07, 6.45) is 2.21. The van der Waals surface area contributed by atoms with E-state index in [1.165, 1.54) is 6.92 Å². The molecular formula is C10H16N4O3. The molecule has 0 unspecified atom stereocenters. The van der Waals surface area contributed by atoms with Gasteiger partial charge in [-0.05, 0) is 6.92 Å². The molecule has 0 saturated carbocycles. The highest BCUT2D eigenvalue weighted by atomic mass is 16.4. The van der Waals surface area contributed by atoms with Crippen LogP contribution in [0.25, 0.3) is 0 Å². The Bertz CT molecular complexity index is 366. The normalized spacial score (nSPS) is 14.1. The van der Waals surface area contributed by atoms with Crippen molar-refractivity contribution in [1.29, 1.82) is 0 Å².